The van der Waals surface area contributed by atoms with Crippen molar-refractivity contribution in [2.24, 2.45) is 5.73 Å². The van der Waals surface area contributed by atoms with E-state index in [0.29, 0.717) is 12.4 Å². The first-order chi connectivity index (χ1) is 5.79. The fraction of sp³-hybridized carbons (Fsp3) is 0.222. The van der Waals surface area contributed by atoms with E-state index in [1.54, 1.807) is 0 Å². The van der Waals surface area contributed by atoms with Gasteiger partial charge in [0.25, 0.3) is 0 Å². The van der Waals surface area contributed by atoms with Gasteiger partial charge in [-0.3, -0.25) is 0 Å². The molecular formula is C9H11ClN2O. The maximum absolute atomic E-state index is 5.49. The van der Waals surface area contributed by atoms with E-state index < -0.39 is 0 Å². The van der Waals surface area contributed by atoms with Crippen molar-refractivity contribution in [3.8, 4) is 0 Å². The SMILES string of the molecule is Cc1nc2cc(CN)ccc2o1.Cl. The quantitative estimate of drug-likeness (QED) is 0.763. The fourth-order valence-electron chi connectivity index (χ4n) is 1.22. The molecule has 0 spiro atoms. The lowest BCUT2D eigenvalue weighted by molar-refractivity contribution is 0.561. The van der Waals surface area contributed by atoms with E-state index in [-0.39, 0.29) is 12.4 Å². The first-order valence-corrected chi connectivity index (χ1v) is 3.86. The third-order valence-corrected chi connectivity index (χ3v) is 1.79. The Bertz CT molecular complexity index is 411. The molecule has 4 heteroatoms. The molecule has 0 saturated heterocycles. The summed E-state index contributed by atoms with van der Waals surface area (Å²) >= 11 is 0. The summed E-state index contributed by atoms with van der Waals surface area (Å²) in [5.74, 6) is 0.694. The van der Waals surface area contributed by atoms with Crippen LogP contribution < -0.4 is 5.73 Å². The van der Waals surface area contributed by atoms with Gasteiger partial charge in [0, 0.05) is 13.5 Å². The highest BCUT2D eigenvalue weighted by molar-refractivity contribution is 5.85. The molecule has 2 rings (SSSR count). The molecular weight excluding hydrogens is 188 g/mol. The molecule has 1 aromatic carbocycles. The van der Waals surface area contributed by atoms with E-state index in [4.69, 9.17) is 10.2 Å². The molecule has 2 aromatic rings. The van der Waals surface area contributed by atoms with Crippen molar-refractivity contribution in [2.45, 2.75) is 13.5 Å². The van der Waals surface area contributed by atoms with Gasteiger partial charge in [0.1, 0.15) is 5.52 Å². The zero-order valence-electron chi connectivity index (χ0n) is 7.28. The van der Waals surface area contributed by atoms with Crippen LogP contribution in [0.4, 0.5) is 0 Å². The zero-order chi connectivity index (χ0) is 8.55. The van der Waals surface area contributed by atoms with Crippen LogP contribution >= 0.6 is 12.4 Å². The van der Waals surface area contributed by atoms with Crippen LogP contribution in [0, 0.1) is 6.92 Å². The number of halogens is 1. The smallest absolute Gasteiger partial charge is 0.192 e. The van der Waals surface area contributed by atoms with Gasteiger partial charge in [-0.05, 0) is 17.7 Å². The van der Waals surface area contributed by atoms with Crippen molar-refractivity contribution in [1.29, 1.82) is 0 Å². The molecule has 0 unspecified atom stereocenters. The molecule has 13 heavy (non-hydrogen) atoms. The summed E-state index contributed by atoms with van der Waals surface area (Å²) in [6.07, 6.45) is 0. The number of rotatable bonds is 1. The molecule has 2 N–H and O–H groups in total. The Kier molecular flexibility index (Phi) is 2.90. The molecule has 70 valence electrons. The van der Waals surface area contributed by atoms with Gasteiger partial charge in [-0.25, -0.2) is 4.98 Å². The second kappa shape index (κ2) is 3.77. The highest BCUT2D eigenvalue weighted by atomic mass is 35.5. The number of nitrogens with zero attached hydrogens (tertiary/aromatic N) is 1. The minimum Gasteiger partial charge on any atom is -0.441 e. The lowest BCUT2D eigenvalue weighted by Gasteiger charge is -1.92. The van der Waals surface area contributed by atoms with Crippen molar-refractivity contribution in [3.63, 3.8) is 0 Å². The van der Waals surface area contributed by atoms with Crippen LogP contribution in [-0.2, 0) is 6.54 Å². The van der Waals surface area contributed by atoms with Crippen molar-refractivity contribution in [2.75, 3.05) is 0 Å². The third-order valence-electron chi connectivity index (χ3n) is 1.79. The number of fused-ring (bicyclic) bond motifs is 1. The Balaban J connectivity index is 0.000000845. The Hall–Kier alpha value is -1.06. The molecule has 3 nitrogen and oxygen atoms in total. The van der Waals surface area contributed by atoms with Gasteiger partial charge >= 0.3 is 0 Å². The normalized spacial score (nSPS) is 10.0. The van der Waals surface area contributed by atoms with Gasteiger partial charge < -0.3 is 10.2 Å². The van der Waals surface area contributed by atoms with Crippen molar-refractivity contribution >= 4 is 23.5 Å². The number of aryl methyl sites for hydroxylation is 1. The van der Waals surface area contributed by atoms with Gasteiger partial charge in [-0.1, -0.05) is 6.07 Å². The molecule has 0 amide bonds. The van der Waals surface area contributed by atoms with E-state index in [2.05, 4.69) is 4.98 Å². The lowest BCUT2D eigenvalue weighted by Crippen LogP contribution is -1.94. The van der Waals surface area contributed by atoms with Gasteiger partial charge in [-0.2, -0.15) is 0 Å². The van der Waals surface area contributed by atoms with Crippen molar-refractivity contribution in [1.82, 2.24) is 4.98 Å². The molecule has 0 radical (unpaired) electrons. The van der Waals surface area contributed by atoms with Crippen molar-refractivity contribution in [3.05, 3.63) is 29.7 Å². The first-order valence-electron chi connectivity index (χ1n) is 3.86. The highest BCUT2D eigenvalue weighted by Crippen LogP contribution is 2.16. The summed E-state index contributed by atoms with van der Waals surface area (Å²) in [7, 11) is 0. The summed E-state index contributed by atoms with van der Waals surface area (Å²) in [5.41, 5.74) is 8.28. The molecule has 0 aliphatic carbocycles. The third kappa shape index (κ3) is 1.82. The fourth-order valence-corrected chi connectivity index (χ4v) is 1.22. The molecule has 1 aromatic heterocycles. The summed E-state index contributed by atoms with van der Waals surface area (Å²) in [5, 5.41) is 0. The molecule has 0 bridgehead atoms. The molecule has 0 saturated carbocycles. The van der Waals surface area contributed by atoms with E-state index in [0.717, 1.165) is 16.7 Å². The van der Waals surface area contributed by atoms with Crippen LogP contribution in [0.5, 0.6) is 0 Å². The zero-order valence-corrected chi connectivity index (χ0v) is 8.10. The standard InChI is InChI=1S/C9H10N2O.ClH/c1-6-11-8-4-7(5-10)2-3-9(8)12-6;/h2-4H,5,10H2,1H3;1H. The number of hydrogen-bond acceptors (Lipinski definition) is 3. The van der Waals surface area contributed by atoms with Gasteiger partial charge in [0.15, 0.2) is 11.5 Å². The van der Waals surface area contributed by atoms with Crippen LogP contribution in [-0.4, -0.2) is 4.98 Å². The maximum atomic E-state index is 5.49. The summed E-state index contributed by atoms with van der Waals surface area (Å²) in [6, 6.07) is 5.80. The average molecular weight is 199 g/mol. The molecule has 1 heterocycles. The molecule has 0 aliphatic rings. The van der Waals surface area contributed by atoms with Crippen LogP contribution in [0.25, 0.3) is 11.1 Å². The minimum atomic E-state index is 0. The Labute approximate surface area is 82.3 Å². The van der Waals surface area contributed by atoms with Gasteiger partial charge in [0.05, 0.1) is 0 Å². The van der Waals surface area contributed by atoms with Crippen molar-refractivity contribution < 1.29 is 4.42 Å². The first kappa shape index (κ1) is 10.0. The predicted molar refractivity (Wildman–Crippen MR) is 53.9 cm³/mol. The summed E-state index contributed by atoms with van der Waals surface area (Å²) in [6.45, 7) is 2.38. The summed E-state index contributed by atoms with van der Waals surface area (Å²) in [4.78, 5) is 4.20. The van der Waals surface area contributed by atoms with Crippen LogP contribution in [0.3, 0.4) is 0 Å². The molecule has 0 fully saturated rings. The second-order valence-corrected chi connectivity index (χ2v) is 2.74. The van der Waals surface area contributed by atoms with E-state index in [1.165, 1.54) is 0 Å². The largest absolute Gasteiger partial charge is 0.441 e. The van der Waals surface area contributed by atoms with Gasteiger partial charge in [-0.15, -0.1) is 12.4 Å². The van der Waals surface area contributed by atoms with E-state index >= 15 is 0 Å². The number of benzene rings is 1. The Morgan fingerprint density at radius 3 is 2.92 bits per heavy atom. The van der Waals surface area contributed by atoms with Crippen LogP contribution in [0.15, 0.2) is 22.6 Å². The summed E-state index contributed by atoms with van der Waals surface area (Å²) < 4.78 is 5.32. The highest BCUT2D eigenvalue weighted by Gasteiger charge is 2.01. The number of nitrogens with two attached hydrogens (primary N) is 1. The minimum absolute atomic E-state index is 0. The number of hydrogen-bond donors (Lipinski definition) is 1. The molecule has 0 atom stereocenters. The average Bonchev–Trinajstić information content (AvgIpc) is 2.43. The predicted octanol–water partition coefficient (Wildman–Crippen LogP) is 2.02. The lowest BCUT2D eigenvalue weighted by atomic mass is 10.2. The van der Waals surface area contributed by atoms with Crippen LogP contribution in [0.2, 0.25) is 0 Å². The monoisotopic (exact) mass is 198 g/mol. The molecule has 0 aliphatic heterocycles. The topological polar surface area (TPSA) is 52.0 Å². The maximum Gasteiger partial charge on any atom is 0.192 e. The van der Waals surface area contributed by atoms with E-state index in [9.17, 15) is 0 Å². The number of oxazole rings is 1. The Morgan fingerprint density at radius 1 is 1.46 bits per heavy atom. The van der Waals surface area contributed by atoms with Crippen LogP contribution in [0.1, 0.15) is 11.5 Å². The second-order valence-electron chi connectivity index (χ2n) is 2.74. The van der Waals surface area contributed by atoms with Gasteiger partial charge in [0.2, 0.25) is 0 Å². The van der Waals surface area contributed by atoms with E-state index in [1.807, 2.05) is 25.1 Å². The number of aromatic nitrogens is 1. The Morgan fingerprint density at radius 2 is 2.23 bits per heavy atom.